The van der Waals surface area contributed by atoms with E-state index in [1.807, 2.05) is 0 Å². The largest absolute Gasteiger partial charge is 0.366 e. The number of hydrogen-bond acceptors (Lipinski definition) is 4. The highest BCUT2D eigenvalue weighted by Gasteiger charge is 2.16. The van der Waals surface area contributed by atoms with Crippen LogP contribution in [0.5, 0.6) is 0 Å². The highest BCUT2D eigenvalue weighted by atomic mass is 19.2. The van der Waals surface area contributed by atoms with E-state index in [-0.39, 0.29) is 11.4 Å². The molecule has 2 aromatic rings. The summed E-state index contributed by atoms with van der Waals surface area (Å²) in [6.45, 7) is 0. The Morgan fingerprint density at radius 3 is 2.52 bits per heavy atom. The molecule has 1 amide bonds. The fourth-order valence-corrected chi connectivity index (χ4v) is 2.57. The molecule has 1 aromatic heterocycles. The van der Waals surface area contributed by atoms with Crippen molar-refractivity contribution >= 4 is 17.4 Å². The summed E-state index contributed by atoms with van der Waals surface area (Å²) in [5.41, 5.74) is 0.260. The third-order valence-corrected chi connectivity index (χ3v) is 3.77. The Labute approximate surface area is 132 Å². The van der Waals surface area contributed by atoms with Crippen molar-refractivity contribution in [2.45, 2.75) is 31.7 Å². The predicted molar refractivity (Wildman–Crippen MR) is 82.2 cm³/mol. The van der Waals surface area contributed by atoms with Gasteiger partial charge in [0.05, 0.1) is 12.4 Å². The van der Waals surface area contributed by atoms with E-state index in [1.165, 1.54) is 31.3 Å². The van der Waals surface area contributed by atoms with E-state index in [0.717, 1.165) is 25.0 Å². The molecular weight excluding hydrogens is 302 g/mol. The maximum absolute atomic E-state index is 13.1. The van der Waals surface area contributed by atoms with Crippen molar-refractivity contribution in [2.75, 3.05) is 10.6 Å². The van der Waals surface area contributed by atoms with Gasteiger partial charge in [0, 0.05) is 17.8 Å². The fraction of sp³-hybridized carbons (Fsp3) is 0.312. The molecule has 1 aliphatic rings. The van der Waals surface area contributed by atoms with E-state index in [1.54, 1.807) is 0 Å². The van der Waals surface area contributed by atoms with Gasteiger partial charge in [-0.1, -0.05) is 12.8 Å². The van der Waals surface area contributed by atoms with Crippen molar-refractivity contribution in [3.63, 3.8) is 0 Å². The molecule has 1 saturated carbocycles. The van der Waals surface area contributed by atoms with Gasteiger partial charge >= 0.3 is 0 Å². The van der Waals surface area contributed by atoms with Crippen molar-refractivity contribution in [1.82, 2.24) is 9.97 Å². The highest BCUT2D eigenvalue weighted by molar-refractivity contribution is 6.02. The van der Waals surface area contributed by atoms with Crippen molar-refractivity contribution in [1.29, 1.82) is 0 Å². The van der Waals surface area contributed by atoms with Gasteiger partial charge in [-0.3, -0.25) is 4.79 Å². The lowest BCUT2D eigenvalue weighted by atomic mass is 10.2. The molecule has 0 spiro atoms. The number of carbonyl (C=O) groups is 1. The summed E-state index contributed by atoms with van der Waals surface area (Å²) in [7, 11) is 0. The van der Waals surface area contributed by atoms with Crippen molar-refractivity contribution in [3.05, 3.63) is 47.9 Å². The second-order valence-corrected chi connectivity index (χ2v) is 5.50. The summed E-state index contributed by atoms with van der Waals surface area (Å²) in [5, 5.41) is 5.72. The quantitative estimate of drug-likeness (QED) is 0.907. The van der Waals surface area contributed by atoms with E-state index in [0.29, 0.717) is 11.9 Å². The van der Waals surface area contributed by atoms with Gasteiger partial charge in [-0.2, -0.15) is 0 Å². The van der Waals surface area contributed by atoms with E-state index in [4.69, 9.17) is 0 Å². The first kappa shape index (κ1) is 15.3. The second kappa shape index (κ2) is 6.68. The predicted octanol–water partition coefficient (Wildman–Crippen LogP) is 3.36. The van der Waals surface area contributed by atoms with Crippen LogP contribution in [0.25, 0.3) is 0 Å². The molecule has 2 N–H and O–H groups in total. The zero-order chi connectivity index (χ0) is 16.2. The maximum Gasteiger partial charge on any atom is 0.275 e. The molecule has 5 nitrogen and oxygen atoms in total. The molecule has 0 unspecified atom stereocenters. The minimum Gasteiger partial charge on any atom is -0.366 e. The van der Waals surface area contributed by atoms with Crippen molar-refractivity contribution < 1.29 is 13.6 Å². The lowest BCUT2D eigenvalue weighted by Gasteiger charge is -2.12. The first-order valence-electron chi connectivity index (χ1n) is 7.47. The van der Waals surface area contributed by atoms with Gasteiger partial charge in [0.1, 0.15) is 11.5 Å². The molecule has 0 aliphatic heterocycles. The molecule has 0 saturated heterocycles. The van der Waals surface area contributed by atoms with Crippen LogP contribution in [0.15, 0.2) is 30.6 Å². The number of carbonyl (C=O) groups excluding carboxylic acids is 1. The van der Waals surface area contributed by atoms with Crippen LogP contribution < -0.4 is 10.6 Å². The smallest absolute Gasteiger partial charge is 0.275 e. The number of hydrogen-bond donors (Lipinski definition) is 2. The SMILES string of the molecule is O=C(Nc1ccc(F)c(F)c1)c1cnc(NC2CCCC2)cn1. The Morgan fingerprint density at radius 1 is 1.09 bits per heavy atom. The Morgan fingerprint density at radius 2 is 1.87 bits per heavy atom. The normalized spacial score (nSPS) is 14.7. The first-order chi connectivity index (χ1) is 11.1. The van der Waals surface area contributed by atoms with Gasteiger partial charge < -0.3 is 10.6 Å². The Kier molecular flexibility index (Phi) is 4.45. The van der Waals surface area contributed by atoms with Gasteiger partial charge in [-0.05, 0) is 25.0 Å². The van der Waals surface area contributed by atoms with Crippen molar-refractivity contribution in [2.24, 2.45) is 0 Å². The van der Waals surface area contributed by atoms with Crippen LogP contribution in [-0.4, -0.2) is 21.9 Å². The van der Waals surface area contributed by atoms with E-state index in [9.17, 15) is 13.6 Å². The van der Waals surface area contributed by atoms with Crippen LogP contribution in [-0.2, 0) is 0 Å². The molecule has 23 heavy (non-hydrogen) atoms. The van der Waals surface area contributed by atoms with Crippen LogP contribution in [0, 0.1) is 11.6 Å². The average molecular weight is 318 g/mol. The Hall–Kier alpha value is -2.57. The minimum atomic E-state index is -1.02. The Balaban J connectivity index is 1.63. The molecule has 1 fully saturated rings. The van der Waals surface area contributed by atoms with E-state index in [2.05, 4.69) is 20.6 Å². The summed E-state index contributed by atoms with van der Waals surface area (Å²) in [6, 6.07) is 3.55. The number of anilines is 2. The third-order valence-electron chi connectivity index (χ3n) is 3.77. The number of benzene rings is 1. The van der Waals surface area contributed by atoms with E-state index < -0.39 is 17.5 Å². The minimum absolute atomic E-state index is 0.103. The monoisotopic (exact) mass is 318 g/mol. The number of aromatic nitrogens is 2. The molecule has 1 heterocycles. The van der Waals surface area contributed by atoms with Crippen LogP contribution in [0.4, 0.5) is 20.3 Å². The molecular formula is C16H16F2N4O. The van der Waals surface area contributed by atoms with E-state index >= 15 is 0 Å². The van der Waals surface area contributed by atoms with Gasteiger partial charge in [-0.15, -0.1) is 0 Å². The standard InChI is InChI=1S/C16H16F2N4O/c17-12-6-5-11(7-13(12)18)22-16(23)14-8-20-15(9-19-14)21-10-3-1-2-4-10/h5-10H,1-4H2,(H,20,21)(H,22,23). The van der Waals surface area contributed by atoms with Gasteiger partial charge in [0.2, 0.25) is 0 Å². The van der Waals surface area contributed by atoms with Crippen LogP contribution >= 0.6 is 0 Å². The molecule has 7 heteroatoms. The lowest BCUT2D eigenvalue weighted by molar-refractivity contribution is 0.102. The molecule has 3 rings (SSSR count). The summed E-state index contributed by atoms with van der Waals surface area (Å²) in [6.07, 6.45) is 7.49. The van der Waals surface area contributed by atoms with Crippen LogP contribution in [0.3, 0.4) is 0 Å². The number of rotatable bonds is 4. The van der Waals surface area contributed by atoms with Gasteiger partial charge in [0.25, 0.3) is 5.91 Å². The topological polar surface area (TPSA) is 66.9 Å². The summed E-state index contributed by atoms with van der Waals surface area (Å²) < 4.78 is 26.0. The highest BCUT2D eigenvalue weighted by Crippen LogP contribution is 2.21. The number of amides is 1. The number of nitrogens with one attached hydrogen (secondary N) is 2. The second-order valence-electron chi connectivity index (χ2n) is 5.50. The first-order valence-corrected chi connectivity index (χ1v) is 7.47. The molecule has 120 valence electrons. The molecule has 0 atom stereocenters. The van der Waals surface area contributed by atoms with Gasteiger partial charge in [0.15, 0.2) is 11.6 Å². The lowest BCUT2D eigenvalue weighted by Crippen LogP contribution is -2.17. The zero-order valence-electron chi connectivity index (χ0n) is 12.4. The number of nitrogens with zero attached hydrogens (tertiary/aromatic N) is 2. The molecule has 0 radical (unpaired) electrons. The molecule has 1 aliphatic carbocycles. The summed E-state index contributed by atoms with van der Waals surface area (Å²) >= 11 is 0. The number of halogens is 2. The molecule has 0 bridgehead atoms. The summed E-state index contributed by atoms with van der Waals surface area (Å²) in [4.78, 5) is 20.2. The van der Waals surface area contributed by atoms with Crippen LogP contribution in [0.2, 0.25) is 0 Å². The van der Waals surface area contributed by atoms with Gasteiger partial charge in [-0.25, -0.2) is 18.7 Å². The van der Waals surface area contributed by atoms with Crippen molar-refractivity contribution in [3.8, 4) is 0 Å². The average Bonchev–Trinajstić information content (AvgIpc) is 3.04. The summed E-state index contributed by atoms with van der Waals surface area (Å²) in [5.74, 6) is -1.90. The zero-order valence-corrected chi connectivity index (χ0v) is 12.4. The molecule has 1 aromatic carbocycles. The maximum atomic E-state index is 13.1. The Bertz CT molecular complexity index is 700. The fourth-order valence-electron chi connectivity index (χ4n) is 2.57. The van der Waals surface area contributed by atoms with Crippen LogP contribution in [0.1, 0.15) is 36.2 Å². The third kappa shape index (κ3) is 3.80.